The predicted octanol–water partition coefficient (Wildman–Crippen LogP) is 1.46. The molecule has 1 amide bonds. The monoisotopic (exact) mass is 309 g/mol. The fraction of sp³-hybridized carbons (Fsp3) is 0.357. The summed E-state index contributed by atoms with van der Waals surface area (Å²) in [4.78, 5) is 11.9. The van der Waals surface area contributed by atoms with Gasteiger partial charge in [0.1, 0.15) is 0 Å². The molecule has 2 aromatic rings. The molecular weight excluding hydrogens is 290 g/mol. The lowest BCUT2D eigenvalue weighted by Crippen LogP contribution is -2.29. The van der Waals surface area contributed by atoms with Crippen molar-refractivity contribution < 1.29 is 4.79 Å². The second-order valence-electron chi connectivity index (χ2n) is 4.91. The van der Waals surface area contributed by atoms with E-state index in [-0.39, 0.29) is 24.4 Å². The summed E-state index contributed by atoms with van der Waals surface area (Å²) < 4.78 is 1.59. The molecule has 114 valence electrons. The summed E-state index contributed by atoms with van der Waals surface area (Å²) in [6.07, 6.45) is 2.35. The lowest BCUT2D eigenvalue weighted by atomic mass is 10.2. The number of aryl methyl sites for hydroxylation is 1. The minimum atomic E-state index is -0.232. The van der Waals surface area contributed by atoms with Crippen molar-refractivity contribution in [3.05, 3.63) is 41.7 Å². The van der Waals surface area contributed by atoms with Crippen LogP contribution in [0.15, 0.2) is 30.5 Å². The molecule has 0 aliphatic heterocycles. The highest BCUT2D eigenvalue weighted by Crippen LogP contribution is 2.09. The van der Waals surface area contributed by atoms with Crippen molar-refractivity contribution >= 4 is 18.3 Å². The van der Waals surface area contributed by atoms with E-state index in [0.717, 1.165) is 17.7 Å². The van der Waals surface area contributed by atoms with Crippen molar-refractivity contribution in [3.8, 4) is 5.69 Å². The van der Waals surface area contributed by atoms with Gasteiger partial charge in [0.15, 0.2) is 5.69 Å². The topological polar surface area (TPSA) is 85.8 Å². The minimum Gasteiger partial charge on any atom is -0.351 e. The summed E-state index contributed by atoms with van der Waals surface area (Å²) >= 11 is 0. The molecule has 7 heteroatoms. The van der Waals surface area contributed by atoms with Gasteiger partial charge in [-0.1, -0.05) is 17.3 Å². The molecular formula is C14H20ClN5O. The molecule has 21 heavy (non-hydrogen) atoms. The normalized spacial score (nSPS) is 11.6. The average molecular weight is 310 g/mol. The molecule has 1 heterocycles. The van der Waals surface area contributed by atoms with Crippen molar-refractivity contribution in [2.45, 2.75) is 26.3 Å². The molecule has 0 saturated carbocycles. The van der Waals surface area contributed by atoms with Gasteiger partial charge in [-0.05, 0) is 38.0 Å². The number of amides is 1. The SMILES string of the molecule is Cc1cccc(-n2cc(C(=O)NCCC(C)N)nn2)c1.Cl. The fourth-order valence-corrected chi connectivity index (χ4v) is 1.77. The summed E-state index contributed by atoms with van der Waals surface area (Å²) in [7, 11) is 0. The van der Waals surface area contributed by atoms with Crippen LogP contribution in [-0.2, 0) is 0 Å². The number of carbonyl (C=O) groups excluding carboxylic acids is 1. The van der Waals surface area contributed by atoms with Crippen LogP contribution >= 0.6 is 12.4 Å². The third-order valence-corrected chi connectivity index (χ3v) is 2.88. The Morgan fingerprint density at radius 1 is 1.48 bits per heavy atom. The van der Waals surface area contributed by atoms with E-state index in [2.05, 4.69) is 15.6 Å². The summed E-state index contributed by atoms with van der Waals surface area (Å²) in [6.45, 7) is 4.44. The molecule has 0 spiro atoms. The maximum atomic E-state index is 11.9. The molecule has 1 aromatic carbocycles. The van der Waals surface area contributed by atoms with Gasteiger partial charge < -0.3 is 11.1 Å². The zero-order chi connectivity index (χ0) is 14.5. The van der Waals surface area contributed by atoms with Gasteiger partial charge in [-0.15, -0.1) is 17.5 Å². The van der Waals surface area contributed by atoms with Crippen LogP contribution in [0.1, 0.15) is 29.4 Å². The van der Waals surface area contributed by atoms with E-state index in [1.165, 1.54) is 0 Å². The molecule has 1 unspecified atom stereocenters. The molecule has 0 fully saturated rings. The molecule has 0 aliphatic carbocycles. The first-order valence-corrected chi connectivity index (χ1v) is 6.59. The fourth-order valence-electron chi connectivity index (χ4n) is 1.77. The molecule has 0 radical (unpaired) electrons. The molecule has 6 nitrogen and oxygen atoms in total. The number of nitrogens with one attached hydrogen (secondary N) is 1. The van der Waals surface area contributed by atoms with Crippen LogP contribution in [0.25, 0.3) is 5.69 Å². The Morgan fingerprint density at radius 2 is 2.24 bits per heavy atom. The maximum absolute atomic E-state index is 11.9. The third-order valence-electron chi connectivity index (χ3n) is 2.88. The van der Waals surface area contributed by atoms with Crippen molar-refractivity contribution in [2.24, 2.45) is 5.73 Å². The predicted molar refractivity (Wildman–Crippen MR) is 83.9 cm³/mol. The highest BCUT2D eigenvalue weighted by Gasteiger charge is 2.11. The van der Waals surface area contributed by atoms with Gasteiger partial charge in [0.25, 0.3) is 5.91 Å². The number of nitrogens with two attached hydrogens (primary N) is 1. The molecule has 1 aromatic heterocycles. The van der Waals surface area contributed by atoms with Gasteiger partial charge >= 0.3 is 0 Å². The Morgan fingerprint density at radius 3 is 2.90 bits per heavy atom. The lowest BCUT2D eigenvalue weighted by Gasteiger charge is -2.05. The molecule has 1 atom stereocenters. The summed E-state index contributed by atoms with van der Waals surface area (Å²) in [5.74, 6) is -0.232. The Hall–Kier alpha value is -1.92. The van der Waals surface area contributed by atoms with Gasteiger partial charge in [0.05, 0.1) is 11.9 Å². The van der Waals surface area contributed by atoms with Gasteiger partial charge in [0, 0.05) is 12.6 Å². The number of hydrogen-bond acceptors (Lipinski definition) is 4. The van der Waals surface area contributed by atoms with E-state index in [1.54, 1.807) is 10.9 Å². The zero-order valence-corrected chi connectivity index (χ0v) is 12.9. The van der Waals surface area contributed by atoms with Crippen LogP contribution in [0.5, 0.6) is 0 Å². The average Bonchev–Trinajstić information content (AvgIpc) is 2.87. The van der Waals surface area contributed by atoms with Crippen molar-refractivity contribution in [1.29, 1.82) is 0 Å². The largest absolute Gasteiger partial charge is 0.351 e. The number of carbonyl (C=O) groups is 1. The number of benzene rings is 1. The van der Waals surface area contributed by atoms with E-state index >= 15 is 0 Å². The number of rotatable bonds is 5. The van der Waals surface area contributed by atoms with Crippen molar-refractivity contribution in [1.82, 2.24) is 20.3 Å². The van der Waals surface area contributed by atoms with Crippen LogP contribution in [0.2, 0.25) is 0 Å². The number of hydrogen-bond donors (Lipinski definition) is 2. The van der Waals surface area contributed by atoms with Crippen LogP contribution < -0.4 is 11.1 Å². The van der Waals surface area contributed by atoms with Gasteiger partial charge in [-0.25, -0.2) is 4.68 Å². The summed E-state index contributed by atoms with van der Waals surface area (Å²) in [6, 6.07) is 7.90. The van der Waals surface area contributed by atoms with Crippen LogP contribution in [0, 0.1) is 6.92 Å². The van der Waals surface area contributed by atoms with Crippen LogP contribution in [0.4, 0.5) is 0 Å². The Balaban J connectivity index is 0.00000220. The number of aromatic nitrogens is 3. The van der Waals surface area contributed by atoms with Gasteiger partial charge in [-0.2, -0.15) is 0 Å². The van der Waals surface area contributed by atoms with Crippen molar-refractivity contribution in [3.63, 3.8) is 0 Å². The zero-order valence-electron chi connectivity index (χ0n) is 12.1. The minimum absolute atomic E-state index is 0. The quantitative estimate of drug-likeness (QED) is 0.875. The van der Waals surface area contributed by atoms with Gasteiger partial charge in [-0.3, -0.25) is 4.79 Å². The second kappa shape index (κ2) is 7.75. The first-order chi connectivity index (χ1) is 9.56. The Bertz CT molecular complexity index is 597. The third kappa shape index (κ3) is 4.84. The second-order valence-corrected chi connectivity index (χ2v) is 4.91. The first kappa shape index (κ1) is 17.1. The Kier molecular flexibility index (Phi) is 6.33. The van der Waals surface area contributed by atoms with Crippen LogP contribution in [0.3, 0.4) is 0 Å². The highest BCUT2D eigenvalue weighted by atomic mass is 35.5. The first-order valence-electron chi connectivity index (χ1n) is 6.59. The van der Waals surface area contributed by atoms with E-state index in [9.17, 15) is 4.79 Å². The number of halogens is 1. The van der Waals surface area contributed by atoms with E-state index in [1.807, 2.05) is 38.1 Å². The van der Waals surface area contributed by atoms with E-state index in [4.69, 9.17) is 5.73 Å². The van der Waals surface area contributed by atoms with Crippen LogP contribution in [-0.4, -0.2) is 33.5 Å². The maximum Gasteiger partial charge on any atom is 0.273 e. The highest BCUT2D eigenvalue weighted by molar-refractivity contribution is 5.91. The molecule has 0 saturated heterocycles. The Labute approximate surface area is 130 Å². The number of nitrogens with zero attached hydrogens (tertiary/aromatic N) is 3. The standard InChI is InChI=1S/C14H19N5O.ClH/c1-10-4-3-5-12(8-10)19-9-13(17-18-19)14(20)16-7-6-11(2)15;/h3-5,8-9,11H,6-7,15H2,1-2H3,(H,16,20);1H. The smallest absolute Gasteiger partial charge is 0.273 e. The van der Waals surface area contributed by atoms with Crippen molar-refractivity contribution in [2.75, 3.05) is 6.54 Å². The summed E-state index contributed by atoms with van der Waals surface area (Å²) in [5, 5.41) is 10.6. The van der Waals surface area contributed by atoms with Gasteiger partial charge in [0.2, 0.25) is 0 Å². The lowest BCUT2D eigenvalue weighted by molar-refractivity contribution is 0.0947. The molecule has 2 rings (SSSR count). The van der Waals surface area contributed by atoms with E-state index < -0.39 is 0 Å². The molecule has 0 bridgehead atoms. The van der Waals surface area contributed by atoms with E-state index in [0.29, 0.717) is 12.2 Å². The molecule has 3 N–H and O–H groups in total. The molecule has 0 aliphatic rings. The summed E-state index contributed by atoms with van der Waals surface area (Å²) in [5.41, 5.74) is 7.94.